The lowest BCUT2D eigenvalue weighted by Crippen LogP contribution is -2.35. The van der Waals surface area contributed by atoms with E-state index in [4.69, 9.17) is 11.6 Å². The van der Waals surface area contributed by atoms with Gasteiger partial charge in [-0.25, -0.2) is 9.80 Å². The molecule has 154 valence electrons. The van der Waals surface area contributed by atoms with Crippen molar-refractivity contribution in [2.75, 3.05) is 11.9 Å². The van der Waals surface area contributed by atoms with Gasteiger partial charge in [-0.1, -0.05) is 37.6 Å². The van der Waals surface area contributed by atoms with E-state index < -0.39 is 12.4 Å². The molecule has 1 aliphatic rings. The van der Waals surface area contributed by atoms with E-state index >= 15 is 0 Å². The fraction of sp³-hybridized carbons (Fsp3) is 0.300. The fourth-order valence-electron chi connectivity index (χ4n) is 3.02. The Bertz CT molecular complexity index is 914. The summed E-state index contributed by atoms with van der Waals surface area (Å²) in [7, 11) is 0. The summed E-state index contributed by atoms with van der Waals surface area (Å²) in [5, 5.41) is 9.07. The van der Waals surface area contributed by atoms with Crippen LogP contribution in [0.4, 0.5) is 23.7 Å². The van der Waals surface area contributed by atoms with E-state index in [1.807, 2.05) is 26.0 Å². The number of nitrogens with one attached hydrogen (secondary N) is 1. The zero-order valence-corrected chi connectivity index (χ0v) is 16.5. The van der Waals surface area contributed by atoms with Crippen LogP contribution in [0.1, 0.15) is 25.8 Å². The lowest BCUT2D eigenvalue weighted by atomic mass is 9.80. The molecule has 9 heteroatoms. The number of ether oxygens (including phenoxy) is 1. The van der Waals surface area contributed by atoms with Crippen LogP contribution in [0.25, 0.3) is 0 Å². The lowest BCUT2D eigenvalue weighted by molar-refractivity contribution is -0.274. The van der Waals surface area contributed by atoms with Crippen LogP contribution in [0, 0.1) is 5.41 Å². The highest BCUT2D eigenvalue weighted by Gasteiger charge is 2.40. The van der Waals surface area contributed by atoms with Crippen molar-refractivity contribution >= 4 is 29.0 Å². The molecule has 0 fully saturated rings. The number of halogens is 4. The molecule has 2 aromatic carbocycles. The predicted octanol–water partition coefficient (Wildman–Crippen LogP) is 5.91. The first kappa shape index (κ1) is 21.0. The molecule has 1 N–H and O–H groups in total. The van der Waals surface area contributed by atoms with Crippen LogP contribution in [-0.4, -0.2) is 29.7 Å². The molecule has 0 bridgehead atoms. The number of nitrogens with zero attached hydrogens (tertiary/aromatic N) is 2. The number of amides is 2. The predicted molar refractivity (Wildman–Crippen MR) is 105 cm³/mol. The van der Waals surface area contributed by atoms with E-state index in [9.17, 15) is 18.0 Å². The SMILES string of the molecule is CCC1(C)CN(C(=O)Nc2ccc(OC(F)(F)F)cc2)N=C1c1ccc(Cl)cc1. The van der Waals surface area contributed by atoms with E-state index in [1.54, 1.807) is 12.1 Å². The number of carbonyl (C=O) groups is 1. The average molecular weight is 426 g/mol. The highest BCUT2D eigenvalue weighted by molar-refractivity contribution is 6.30. The molecule has 2 amide bonds. The second kappa shape index (κ2) is 7.94. The first-order chi connectivity index (χ1) is 13.6. The average Bonchev–Trinajstić information content (AvgIpc) is 3.01. The number of alkyl halides is 3. The maximum Gasteiger partial charge on any atom is 0.573 e. The van der Waals surface area contributed by atoms with E-state index in [1.165, 1.54) is 17.1 Å². The van der Waals surface area contributed by atoms with Gasteiger partial charge in [-0.3, -0.25) is 0 Å². The molecule has 5 nitrogen and oxygen atoms in total. The Morgan fingerprint density at radius 1 is 1.21 bits per heavy atom. The summed E-state index contributed by atoms with van der Waals surface area (Å²) in [6.07, 6.45) is -4.00. The van der Waals surface area contributed by atoms with Crippen molar-refractivity contribution in [1.82, 2.24) is 5.01 Å². The number of rotatable bonds is 4. The Balaban J connectivity index is 1.74. The molecule has 0 spiro atoms. The van der Waals surface area contributed by atoms with E-state index in [-0.39, 0.29) is 11.2 Å². The van der Waals surface area contributed by atoms with Crippen molar-refractivity contribution in [3.8, 4) is 5.75 Å². The van der Waals surface area contributed by atoms with Crippen LogP contribution in [0.5, 0.6) is 5.75 Å². The van der Waals surface area contributed by atoms with Gasteiger partial charge in [0.1, 0.15) is 5.75 Å². The van der Waals surface area contributed by atoms with Crippen LogP contribution in [0.2, 0.25) is 5.02 Å². The largest absolute Gasteiger partial charge is 0.573 e. The Kier molecular flexibility index (Phi) is 5.75. The zero-order chi connectivity index (χ0) is 21.2. The smallest absolute Gasteiger partial charge is 0.406 e. The Hall–Kier alpha value is -2.74. The third kappa shape index (κ3) is 5.00. The Morgan fingerprint density at radius 2 is 1.83 bits per heavy atom. The van der Waals surface area contributed by atoms with E-state index in [0.29, 0.717) is 17.3 Å². The van der Waals surface area contributed by atoms with Gasteiger partial charge in [-0.05, 0) is 48.4 Å². The summed E-state index contributed by atoms with van der Waals surface area (Å²) in [5.41, 5.74) is 1.65. The summed E-state index contributed by atoms with van der Waals surface area (Å²) in [6, 6.07) is 11.7. The van der Waals surface area contributed by atoms with E-state index in [2.05, 4.69) is 15.2 Å². The molecule has 1 atom stereocenters. The maximum absolute atomic E-state index is 12.6. The molecule has 0 radical (unpaired) electrons. The van der Waals surface area contributed by atoms with E-state index in [0.717, 1.165) is 29.8 Å². The van der Waals surface area contributed by atoms with Crippen LogP contribution >= 0.6 is 11.6 Å². The number of anilines is 1. The minimum atomic E-state index is -4.77. The summed E-state index contributed by atoms with van der Waals surface area (Å²) in [5.74, 6) is -0.363. The van der Waals surface area contributed by atoms with Gasteiger partial charge in [-0.2, -0.15) is 5.10 Å². The second-order valence-electron chi connectivity index (χ2n) is 6.93. The quantitative estimate of drug-likeness (QED) is 0.662. The van der Waals surface area contributed by atoms with Crippen LogP contribution in [-0.2, 0) is 0 Å². The molecule has 1 aliphatic heterocycles. The number of benzene rings is 2. The van der Waals surface area contributed by atoms with Gasteiger partial charge in [0.05, 0.1) is 12.3 Å². The maximum atomic E-state index is 12.6. The standard InChI is InChI=1S/C20H19ClF3N3O2/c1-3-19(2)12-27(26-17(19)13-4-6-14(21)7-5-13)18(28)25-15-8-10-16(11-9-15)29-20(22,23)24/h4-11H,3,12H2,1-2H3,(H,25,28). The van der Waals surface area contributed by atoms with Crippen LogP contribution in [0.15, 0.2) is 53.6 Å². The zero-order valence-electron chi connectivity index (χ0n) is 15.8. The van der Waals surface area contributed by atoms with Gasteiger partial charge in [0.15, 0.2) is 0 Å². The van der Waals surface area contributed by atoms with Gasteiger partial charge in [0.25, 0.3) is 0 Å². The number of urea groups is 1. The molecule has 29 heavy (non-hydrogen) atoms. The molecule has 1 heterocycles. The van der Waals surface area contributed by atoms with Gasteiger partial charge in [0, 0.05) is 16.1 Å². The van der Waals surface area contributed by atoms with Crippen molar-refractivity contribution in [3.05, 3.63) is 59.1 Å². The molecule has 3 rings (SSSR count). The highest BCUT2D eigenvalue weighted by Crippen LogP contribution is 2.35. The Labute approximate surface area is 171 Å². The van der Waals surface area contributed by atoms with Gasteiger partial charge in [0.2, 0.25) is 0 Å². The van der Waals surface area contributed by atoms with Crippen molar-refractivity contribution in [3.63, 3.8) is 0 Å². The van der Waals surface area contributed by atoms with Crippen molar-refractivity contribution in [1.29, 1.82) is 0 Å². The van der Waals surface area contributed by atoms with Crippen LogP contribution < -0.4 is 10.1 Å². The van der Waals surface area contributed by atoms with Gasteiger partial charge in [-0.15, -0.1) is 13.2 Å². The molecule has 1 unspecified atom stereocenters. The molecule has 0 saturated heterocycles. The van der Waals surface area contributed by atoms with Crippen LogP contribution in [0.3, 0.4) is 0 Å². The lowest BCUT2D eigenvalue weighted by Gasteiger charge is -2.24. The van der Waals surface area contributed by atoms with Gasteiger partial charge < -0.3 is 10.1 Å². The fourth-order valence-corrected chi connectivity index (χ4v) is 3.15. The third-order valence-electron chi connectivity index (χ3n) is 4.76. The molecule has 0 saturated carbocycles. The summed E-state index contributed by atoms with van der Waals surface area (Å²) in [4.78, 5) is 12.6. The normalized spacial score (nSPS) is 19.1. The minimum absolute atomic E-state index is 0.331. The molecular weight excluding hydrogens is 407 g/mol. The molecule has 0 aromatic heterocycles. The number of carbonyl (C=O) groups excluding carboxylic acids is 1. The summed E-state index contributed by atoms with van der Waals surface area (Å²) < 4.78 is 40.5. The minimum Gasteiger partial charge on any atom is -0.406 e. The highest BCUT2D eigenvalue weighted by atomic mass is 35.5. The molecular formula is C20H19ClF3N3O2. The molecule has 0 aliphatic carbocycles. The first-order valence-electron chi connectivity index (χ1n) is 8.89. The third-order valence-corrected chi connectivity index (χ3v) is 5.01. The van der Waals surface area contributed by atoms with Crippen molar-refractivity contribution in [2.45, 2.75) is 26.6 Å². The number of hydrazone groups is 1. The Morgan fingerprint density at radius 3 is 2.38 bits per heavy atom. The number of hydrogen-bond donors (Lipinski definition) is 1. The second-order valence-corrected chi connectivity index (χ2v) is 7.37. The number of hydrogen-bond acceptors (Lipinski definition) is 3. The molecule has 2 aromatic rings. The van der Waals surface area contributed by atoms with Crippen molar-refractivity contribution < 1.29 is 22.7 Å². The van der Waals surface area contributed by atoms with Gasteiger partial charge >= 0.3 is 12.4 Å². The van der Waals surface area contributed by atoms with Crippen molar-refractivity contribution in [2.24, 2.45) is 10.5 Å². The summed E-state index contributed by atoms with van der Waals surface area (Å²) >= 11 is 5.95. The summed E-state index contributed by atoms with van der Waals surface area (Å²) in [6.45, 7) is 4.42. The topological polar surface area (TPSA) is 53.9 Å². The monoisotopic (exact) mass is 425 g/mol. The first-order valence-corrected chi connectivity index (χ1v) is 9.27.